The van der Waals surface area contributed by atoms with Crippen LogP contribution in [-0.4, -0.2) is 25.2 Å². The van der Waals surface area contributed by atoms with Gasteiger partial charge in [0.1, 0.15) is 0 Å². The molecular weight excluding hydrogens is 475 g/mol. The van der Waals surface area contributed by atoms with Gasteiger partial charge in [-0.3, -0.25) is 4.79 Å². The molecule has 4 aromatic carbocycles. The second kappa shape index (κ2) is 10.4. The standard InChI is InChI=1S/C26H18Cl2N2O4/c1-33-24-13-16(9-12-23(24)34-26(32)21-11-10-18(27)14-22(21)28)15-29-30-25(31)20-8-4-6-17-5-2-3-7-19(17)20/h2-15H,1H3,(H,30,31)/b29-15-. The second-order valence-electron chi connectivity index (χ2n) is 7.15. The molecule has 0 aliphatic carbocycles. The molecule has 1 N–H and O–H groups in total. The minimum atomic E-state index is -0.649. The van der Waals surface area contributed by atoms with E-state index < -0.39 is 5.97 Å². The highest BCUT2D eigenvalue weighted by molar-refractivity contribution is 6.36. The Hall–Kier alpha value is -3.87. The van der Waals surface area contributed by atoms with Gasteiger partial charge in [0.2, 0.25) is 0 Å². The Balaban J connectivity index is 1.47. The molecule has 0 aliphatic rings. The summed E-state index contributed by atoms with van der Waals surface area (Å²) in [7, 11) is 1.45. The highest BCUT2D eigenvalue weighted by atomic mass is 35.5. The molecule has 1 amide bonds. The van der Waals surface area contributed by atoms with Gasteiger partial charge in [-0.1, -0.05) is 59.6 Å². The van der Waals surface area contributed by atoms with E-state index in [4.69, 9.17) is 32.7 Å². The van der Waals surface area contributed by atoms with E-state index >= 15 is 0 Å². The maximum absolute atomic E-state index is 12.6. The van der Waals surface area contributed by atoms with E-state index in [9.17, 15) is 9.59 Å². The Labute approximate surface area is 205 Å². The van der Waals surface area contributed by atoms with Gasteiger partial charge in [-0.15, -0.1) is 0 Å². The summed E-state index contributed by atoms with van der Waals surface area (Å²) in [6.07, 6.45) is 1.47. The van der Waals surface area contributed by atoms with E-state index in [1.807, 2.05) is 36.4 Å². The number of ether oxygens (including phenoxy) is 2. The lowest BCUT2D eigenvalue weighted by Gasteiger charge is -2.10. The van der Waals surface area contributed by atoms with E-state index in [2.05, 4.69) is 10.5 Å². The summed E-state index contributed by atoms with van der Waals surface area (Å²) in [5, 5.41) is 6.44. The number of nitrogens with one attached hydrogen (secondary N) is 1. The Morgan fingerprint density at radius 2 is 1.68 bits per heavy atom. The molecule has 6 nitrogen and oxygen atoms in total. The fraction of sp³-hybridized carbons (Fsp3) is 0.0385. The zero-order valence-electron chi connectivity index (χ0n) is 17.9. The highest BCUT2D eigenvalue weighted by Crippen LogP contribution is 2.30. The molecule has 0 saturated heterocycles. The van der Waals surface area contributed by atoms with Crippen LogP contribution in [0.1, 0.15) is 26.3 Å². The quantitative estimate of drug-likeness (QED) is 0.152. The van der Waals surface area contributed by atoms with Gasteiger partial charge >= 0.3 is 5.97 Å². The Morgan fingerprint density at radius 1 is 0.882 bits per heavy atom. The number of fused-ring (bicyclic) bond motifs is 1. The molecule has 0 aliphatic heterocycles. The first-order valence-electron chi connectivity index (χ1n) is 10.1. The van der Waals surface area contributed by atoms with E-state index in [0.29, 0.717) is 21.9 Å². The Bertz CT molecular complexity index is 1410. The molecule has 0 aromatic heterocycles. The second-order valence-corrected chi connectivity index (χ2v) is 7.99. The summed E-state index contributed by atoms with van der Waals surface area (Å²) < 4.78 is 10.8. The van der Waals surface area contributed by atoms with Crippen LogP contribution in [0.4, 0.5) is 0 Å². The van der Waals surface area contributed by atoms with Crippen LogP contribution in [0.5, 0.6) is 11.5 Å². The molecule has 0 unspecified atom stereocenters. The van der Waals surface area contributed by atoms with Crippen molar-refractivity contribution in [1.29, 1.82) is 0 Å². The fourth-order valence-corrected chi connectivity index (χ4v) is 3.79. The number of hydrogen-bond acceptors (Lipinski definition) is 5. The van der Waals surface area contributed by atoms with Crippen molar-refractivity contribution >= 4 is 52.1 Å². The van der Waals surface area contributed by atoms with Gasteiger partial charge in [0.15, 0.2) is 11.5 Å². The van der Waals surface area contributed by atoms with Crippen LogP contribution in [0.2, 0.25) is 10.0 Å². The highest BCUT2D eigenvalue weighted by Gasteiger charge is 2.16. The first-order chi connectivity index (χ1) is 16.5. The predicted octanol–water partition coefficient (Wildman–Crippen LogP) is 6.14. The maximum atomic E-state index is 12.6. The number of halogens is 2. The smallest absolute Gasteiger partial charge is 0.345 e. The lowest BCUT2D eigenvalue weighted by molar-refractivity contribution is 0.0729. The minimum Gasteiger partial charge on any atom is -0.493 e. The van der Waals surface area contributed by atoms with Gasteiger partial charge in [0, 0.05) is 10.6 Å². The Kier molecular flexibility index (Phi) is 7.11. The van der Waals surface area contributed by atoms with Crippen molar-refractivity contribution in [2.24, 2.45) is 5.10 Å². The van der Waals surface area contributed by atoms with E-state index in [-0.39, 0.29) is 22.2 Å². The lowest BCUT2D eigenvalue weighted by Crippen LogP contribution is -2.17. The largest absolute Gasteiger partial charge is 0.493 e. The van der Waals surface area contributed by atoms with Crippen molar-refractivity contribution < 1.29 is 19.1 Å². The van der Waals surface area contributed by atoms with Crippen molar-refractivity contribution in [2.45, 2.75) is 0 Å². The van der Waals surface area contributed by atoms with Crippen LogP contribution >= 0.6 is 23.2 Å². The van der Waals surface area contributed by atoms with Gasteiger partial charge in [0.25, 0.3) is 5.91 Å². The third-order valence-electron chi connectivity index (χ3n) is 4.96. The monoisotopic (exact) mass is 492 g/mol. The summed E-state index contributed by atoms with van der Waals surface area (Å²) in [4.78, 5) is 25.1. The molecule has 0 heterocycles. The van der Waals surface area contributed by atoms with Crippen LogP contribution in [0.25, 0.3) is 10.8 Å². The van der Waals surface area contributed by atoms with E-state index in [0.717, 1.165) is 10.8 Å². The number of carbonyl (C=O) groups is 2. The molecular formula is C26H18Cl2N2O4. The van der Waals surface area contributed by atoms with Crippen LogP contribution < -0.4 is 14.9 Å². The van der Waals surface area contributed by atoms with Crippen molar-refractivity contribution in [3.63, 3.8) is 0 Å². The molecule has 0 saturated carbocycles. The average Bonchev–Trinajstić information content (AvgIpc) is 2.84. The van der Waals surface area contributed by atoms with Gasteiger partial charge in [-0.2, -0.15) is 5.10 Å². The van der Waals surface area contributed by atoms with Crippen molar-refractivity contribution in [1.82, 2.24) is 5.43 Å². The molecule has 0 spiro atoms. The first-order valence-corrected chi connectivity index (χ1v) is 10.9. The number of esters is 1. The molecule has 0 fully saturated rings. The zero-order valence-corrected chi connectivity index (χ0v) is 19.4. The number of hydrazone groups is 1. The third kappa shape index (κ3) is 5.20. The lowest BCUT2D eigenvalue weighted by atomic mass is 10.0. The van der Waals surface area contributed by atoms with E-state index in [1.165, 1.54) is 25.5 Å². The van der Waals surface area contributed by atoms with E-state index in [1.54, 1.807) is 30.3 Å². The third-order valence-corrected chi connectivity index (χ3v) is 5.50. The molecule has 4 aromatic rings. The fourth-order valence-electron chi connectivity index (χ4n) is 3.31. The normalized spacial score (nSPS) is 10.9. The maximum Gasteiger partial charge on any atom is 0.345 e. The summed E-state index contributed by atoms with van der Waals surface area (Å²) in [5.41, 5.74) is 3.86. The van der Waals surface area contributed by atoms with Crippen LogP contribution in [-0.2, 0) is 0 Å². The van der Waals surface area contributed by atoms with Gasteiger partial charge in [0.05, 0.1) is 23.9 Å². The van der Waals surface area contributed by atoms with Crippen LogP contribution in [0.3, 0.4) is 0 Å². The van der Waals surface area contributed by atoms with Crippen LogP contribution in [0.15, 0.2) is 84.0 Å². The molecule has 170 valence electrons. The van der Waals surface area contributed by atoms with Crippen molar-refractivity contribution in [2.75, 3.05) is 7.11 Å². The number of benzene rings is 4. The topological polar surface area (TPSA) is 77.0 Å². The zero-order chi connectivity index (χ0) is 24.1. The van der Waals surface area contributed by atoms with Crippen molar-refractivity contribution in [3.8, 4) is 11.5 Å². The molecule has 0 atom stereocenters. The number of carbonyl (C=O) groups excluding carboxylic acids is 2. The summed E-state index contributed by atoms with van der Waals surface area (Å²) in [5.74, 6) is -0.465. The average molecular weight is 493 g/mol. The number of nitrogens with zero attached hydrogens (tertiary/aromatic N) is 1. The number of rotatable bonds is 6. The molecule has 4 rings (SSSR count). The molecule has 0 bridgehead atoms. The summed E-state index contributed by atoms with van der Waals surface area (Å²) in [6, 6.07) is 22.5. The SMILES string of the molecule is COc1cc(/C=N\NC(=O)c2cccc3ccccc23)ccc1OC(=O)c1ccc(Cl)cc1Cl. The Morgan fingerprint density at radius 3 is 2.47 bits per heavy atom. The van der Waals surface area contributed by atoms with Crippen LogP contribution in [0, 0.1) is 0 Å². The predicted molar refractivity (Wildman–Crippen MR) is 133 cm³/mol. The first kappa shape index (κ1) is 23.3. The summed E-state index contributed by atoms with van der Waals surface area (Å²) in [6.45, 7) is 0. The van der Waals surface area contributed by atoms with Gasteiger partial charge in [-0.05, 0) is 58.8 Å². The number of methoxy groups -OCH3 is 1. The van der Waals surface area contributed by atoms with Gasteiger partial charge < -0.3 is 9.47 Å². The van der Waals surface area contributed by atoms with Crippen molar-refractivity contribution in [3.05, 3.63) is 106 Å². The number of amides is 1. The van der Waals surface area contributed by atoms with Gasteiger partial charge in [-0.25, -0.2) is 10.2 Å². The summed E-state index contributed by atoms with van der Waals surface area (Å²) >= 11 is 12.0. The minimum absolute atomic E-state index is 0.176. The molecule has 8 heteroatoms. The number of hydrogen-bond donors (Lipinski definition) is 1. The molecule has 34 heavy (non-hydrogen) atoms. The molecule has 0 radical (unpaired) electrons.